The first-order valence-corrected chi connectivity index (χ1v) is 8.32. The summed E-state index contributed by atoms with van der Waals surface area (Å²) in [5.74, 6) is -1.33. The Morgan fingerprint density at radius 2 is 1.78 bits per heavy atom. The quantitative estimate of drug-likeness (QED) is 0.567. The molecule has 142 valence electrons. The van der Waals surface area contributed by atoms with Crippen LogP contribution in [-0.2, 0) is 14.3 Å². The number of methoxy groups -OCH3 is 1. The molecule has 0 saturated carbocycles. The molecule has 0 heterocycles. The average molecular weight is 373 g/mol. The van der Waals surface area contributed by atoms with Gasteiger partial charge in [0.1, 0.15) is 11.6 Å². The number of hydrogen-bond donors (Lipinski definition) is 1. The van der Waals surface area contributed by atoms with Crippen LogP contribution in [-0.4, -0.2) is 30.9 Å². The Balaban J connectivity index is 1.80. The molecule has 1 N–H and O–H groups in total. The van der Waals surface area contributed by atoms with Crippen molar-refractivity contribution < 1.29 is 28.2 Å². The lowest BCUT2D eigenvalue weighted by molar-refractivity contribution is -0.153. The largest absolute Gasteiger partial charge is 0.497 e. The third-order valence-electron chi connectivity index (χ3n) is 3.74. The highest BCUT2D eigenvalue weighted by atomic mass is 19.1. The molecular formula is C20H20FNO5. The fraction of sp³-hybridized carbons (Fsp3) is 0.250. The fourth-order valence-electron chi connectivity index (χ4n) is 2.25. The molecule has 0 bridgehead atoms. The molecule has 2 rings (SSSR count). The van der Waals surface area contributed by atoms with E-state index in [0.717, 1.165) is 0 Å². The van der Waals surface area contributed by atoms with E-state index in [1.807, 2.05) is 0 Å². The Morgan fingerprint density at radius 1 is 1.07 bits per heavy atom. The monoisotopic (exact) mass is 373 g/mol. The normalized spacial score (nSPS) is 11.4. The molecule has 0 saturated heterocycles. The Labute approximate surface area is 156 Å². The predicted molar refractivity (Wildman–Crippen MR) is 97.1 cm³/mol. The molecular weight excluding hydrogens is 353 g/mol. The first-order chi connectivity index (χ1) is 12.9. The summed E-state index contributed by atoms with van der Waals surface area (Å²) < 4.78 is 23.0. The predicted octanol–water partition coefficient (Wildman–Crippen LogP) is 3.37. The number of esters is 1. The number of benzene rings is 2. The van der Waals surface area contributed by atoms with E-state index in [-0.39, 0.29) is 18.6 Å². The lowest BCUT2D eigenvalue weighted by Gasteiger charge is -2.14. The van der Waals surface area contributed by atoms with Crippen LogP contribution in [0.3, 0.4) is 0 Å². The summed E-state index contributed by atoms with van der Waals surface area (Å²) in [6.45, 7) is 1.44. The second-order valence-corrected chi connectivity index (χ2v) is 5.78. The Morgan fingerprint density at radius 3 is 2.44 bits per heavy atom. The van der Waals surface area contributed by atoms with Crippen LogP contribution >= 0.6 is 0 Å². The Bertz CT molecular complexity index is 819. The maximum atomic E-state index is 12.9. The molecule has 27 heavy (non-hydrogen) atoms. The van der Waals surface area contributed by atoms with Crippen LogP contribution in [0.4, 0.5) is 10.1 Å². The maximum absolute atomic E-state index is 12.9. The van der Waals surface area contributed by atoms with Gasteiger partial charge in [0.2, 0.25) is 0 Å². The molecule has 2 aromatic rings. The van der Waals surface area contributed by atoms with E-state index in [1.165, 1.54) is 38.3 Å². The van der Waals surface area contributed by atoms with Gasteiger partial charge in [0.05, 0.1) is 13.5 Å². The van der Waals surface area contributed by atoms with Crippen LogP contribution < -0.4 is 10.1 Å². The molecule has 0 aliphatic carbocycles. The van der Waals surface area contributed by atoms with Crippen molar-refractivity contribution in [2.75, 3.05) is 12.4 Å². The second-order valence-electron chi connectivity index (χ2n) is 5.78. The van der Waals surface area contributed by atoms with Crippen LogP contribution in [0, 0.1) is 5.82 Å². The van der Waals surface area contributed by atoms with Crippen molar-refractivity contribution >= 4 is 23.3 Å². The number of rotatable bonds is 8. The smallest absolute Gasteiger partial charge is 0.307 e. The average Bonchev–Trinajstić information content (AvgIpc) is 2.66. The molecule has 0 fully saturated rings. The molecule has 0 aromatic heterocycles. The fourth-order valence-corrected chi connectivity index (χ4v) is 2.25. The number of carbonyl (C=O) groups is 3. The third-order valence-corrected chi connectivity index (χ3v) is 3.74. The molecule has 0 aliphatic heterocycles. The van der Waals surface area contributed by atoms with Crippen molar-refractivity contribution in [1.82, 2.24) is 0 Å². The van der Waals surface area contributed by atoms with Crippen LogP contribution in [0.2, 0.25) is 0 Å². The minimum absolute atomic E-state index is 0.0886. The summed E-state index contributed by atoms with van der Waals surface area (Å²) in [6.07, 6.45) is -1.29. The van der Waals surface area contributed by atoms with Gasteiger partial charge in [-0.3, -0.25) is 14.4 Å². The summed E-state index contributed by atoms with van der Waals surface area (Å²) in [5.41, 5.74) is 0.821. The molecule has 1 atom stereocenters. The number of amides is 1. The standard InChI is InChI=1S/C20H20FNO5/c1-13(20(25)22-16-4-3-5-17(12-16)26-2)27-19(24)11-10-18(23)14-6-8-15(21)9-7-14/h3-9,12-13H,10-11H2,1-2H3,(H,22,25)/t13-/m0/s1. The van der Waals surface area contributed by atoms with Crippen molar-refractivity contribution in [1.29, 1.82) is 0 Å². The molecule has 2 aromatic carbocycles. The van der Waals surface area contributed by atoms with Crippen molar-refractivity contribution in [3.05, 3.63) is 59.9 Å². The second kappa shape index (κ2) is 9.47. The van der Waals surface area contributed by atoms with Crippen LogP contribution in [0.15, 0.2) is 48.5 Å². The maximum Gasteiger partial charge on any atom is 0.307 e. The van der Waals surface area contributed by atoms with Gasteiger partial charge in [0.25, 0.3) is 5.91 Å². The van der Waals surface area contributed by atoms with Crippen molar-refractivity contribution in [2.45, 2.75) is 25.9 Å². The molecule has 0 aliphatic rings. The summed E-state index contributed by atoms with van der Waals surface area (Å²) in [5, 5.41) is 2.62. The van der Waals surface area contributed by atoms with Crippen LogP contribution in [0.25, 0.3) is 0 Å². The number of carbonyl (C=O) groups excluding carboxylic acids is 3. The van der Waals surface area contributed by atoms with Gasteiger partial charge < -0.3 is 14.8 Å². The molecule has 1 amide bonds. The lowest BCUT2D eigenvalue weighted by Crippen LogP contribution is -2.30. The number of Topliss-reactive ketones (excluding diaryl/α,β-unsaturated/α-hetero) is 1. The minimum atomic E-state index is -1.02. The zero-order valence-electron chi connectivity index (χ0n) is 15.0. The summed E-state index contributed by atoms with van der Waals surface area (Å²) in [4.78, 5) is 35.9. The summed E-state index contributed by atoms with van der Waals surface area (Å²) in [6, 6.07) is 11.8. The molecule has 6 nitrogen and oxygen atoms in total. The van der Waals surface area contributed by atoms with Gasteiger partial charge >= 0.3 is 5.97 Å². The van der Waals surface area contributed by atoms with Crippen LogP contribution in [0.5, 0.6) is 5.75 Å². The third kappa shape index (κ3) is 6.22. The number of nitrogens with one attached hydrogen (secondary N) is 1. The first-order valence-electron chi connectivity index (χ1n) is 8.32. The van der Waals surface area contributed by atoms with E-state index in [2.05, 4.69) is 5.32 Å². The topological polar surface area (TPSA) is 81.7 Å². The molecule has 0 unspecified atom stereocenters. The van der Waals surface area contributed by atoms with E-state index in [9.17, 15) is 18.8 Å². The summed E-state index contributed by atoms with van der Waals surface area (Å²) >= 11 is 0. The zero-order valence-corrected chi connectivity index (χ0v) is 15.0. The van der Waals surface area contributed by atoms with Crippen molar-refractivity contribution in [3.8, 4) is 5.75 Å². The highest BCUT2D eigenvalue weighted by Gasteiger charge is 2.19. The van der Waals surface area contributed by atoms with Gasteiger partial charge in [-0.05, 0) is 43.3 Å². The summed E-state index contributed by atoms with van der Waals surface area (Å²) in [7, 11) is 1.51. The van der Waals surface area contributed by atoms with E-state index in [4.69, 9.17) is 9.47 Å². The van der Waals surface area contributed by atoms with Gasteiger partial charge in [-0.15, -0.1) is 0 Å². The SMILES string of the molecule is COc1cccc(NC(=O)[C@H](C)OC(=O)CCC(=O)c2ccc(F)cc2)c1. The van der Waals surface area contributed by atoms with Crippen molar-refractivity contribution in [2.24, 2.45) is 0 Å². The van der Waals surface area contributed by atoms with Crippen molar-refractivity contribution in [3.63, 3.8) is 0 Å². The number of ketones is 1. The van der Waals surface area contributed by atoms with Gasteiger partial charge in [0.15, 0.2) is 11.9 Å². The van der Waals surface area contributed by atoms with Crippen LogP contribution in [0.1, 0.15) is 30.1 Å². The minimum Gasteiger partial charge on any atom is -0.497 e. The van der Waals surface area contributed by atoms with E-state index in [1.54, 1.807) is 24.3 Å². The highest BCUT2D eigenvalue weighted by molar-refractivity contribution is 5.98. The Hall–Kier alpha value is -3.22. The zero-order chi connectivity index (χ0) is 19.8. The molecule has 0 spiro atoms. The number of anilines is 1. The molecule has 0 radical (unpaired) electrons. The van der Waals surface area contributed by atoms with E-state index < -0.39 is 23.8 Å². The highest BCUT2D eigenvalue weighted by Crippen LogP contribution is 2.17. The Kier molecular flexibility index (Phi) is 7.05. The van der Waals surface area contributed by atoms with Gasteiger partial charge in [-0.2, -0.15) is 0 Å². The van der Waals surface area contributed by atoms with Gasteiger partial charge in [-0.1, -0.05) is 6.07 Å². The number of ether oxygens (including phenoxy) is 2. The lowest BCUT2D eigenvalue weighted by atomic mass is 10.1. The van der Waals surface area contributed by atoms with Gasteiger partial charge in [-0.25, -0.2) is 4.39 Å². The number of hydrogen-bond acceptors (Lipinski definition) is 5. The number of halogens is 1. The first kappa shape index (κ1) is 20.1. The van der Waals surface area contributed by atoms with Gasteiger partial charge in [0, 0.05) is 23.7 Å². The van der Waals surface area contributed by atoms with E-state index >= 15 is 0 Å². The van der Waals surface area contributed by atoms with E-state index in [0.29, 0.717) is 17.0 Å². The molecule has 7 heteroatoms.